The Morgan fingerprint density at radius 3 is 2.64 bits per heavy atom. The van der Waals surface area contributed by atoms with Crippen molar-refractivity contribution >= 4 is 29.9 Å². The molecular weight excluding hydrogens is 400 g/mol. The quantitative estimate of drug-likeness (QED) is 0.348. The maximum absolute atomic E-state index is 12.8. The number of guanidine groups is 1. The van der Waals surface area contributed by atoms with Crippen LogP contribution in [0.25, 0.3) is 11.4 Å². The average molecular weight is 419 g/mol. The molecule has 6 nitrogen and oxygen atoms in total. The average Bonchev–Trinajstić information content (AvgIpc) is 2.93. The van der Waals surface area contributed by atoms with Crippen molar-refractivity contribution in [2.75, 3.05) is 20.6 Å². The molecule has 0 aliphatic carbocycles. The van der Waals surface area contributed by atoms with Crippen molar-refractivity contribution in [3.63, 3.8) is 0 Å². The largest absolute Gasteiger partial charge is 0.370 e. The van der Waals surface area contributed by atoms with Gasteiger partial charge in [-0.05, 0) is 30.7 Å². The van der Waals surface area contributed by atoms with Crippen LogP contribution in [0.4, 0.5) is 4.39 Å². The molecule has 0 atom stereocenters. The van der Waals surface area contributed by atoms with Crippen molar-refractivity contribution in [3.8, 4) is 11.4 Å². The third kappa shape index (κ3) is 5.24. The Labute approximate surface area is 145 Å². The molecule has 0 saturated carbocycles. The molecule has 2 aromatic rings. The van der Waals surface area contributed by atoms with Crippen LogP contribution in [-0.4, -0.2) is 41.6 Å². The van der Waals surface area contributed by atoms with E-state index < -0.39 is 0 Å². The lowest BCUT2D eigenvalue weighted by Gasteiger charge is -2.09. The molecule has 0 unspecified atom stereocenters. The van der Waals surface area contributed by atoms with Gasteiger partial charge in [0.05, 0.1) is 0 Å². The highest BCUT2D eigenvalue weighted by Gasteiger charge is 2.08. The number of hydrogen-bond donors (Lipinski definition) is 1. The first-order valence-corrected chi connectivity index (χ1v) is 6.62. The number of nitrogens with zero attached hydrogens (tertiary/aromatic N) is 4. The third-order valence-corrected chi connectivity index (χ3v) is 2.85. The van der Waals surface area contributed by atoms with E-state index in [0.29, 0.717) is 30.6 Å². The van der Waals surface area contributed by atoms with Gasteiger partial charge in [0.15, 0.2) is 5.96 Å². The standard InChI is InChI=1S/C14H18FN5O.HI/c1-20(2)14(16)17-9-3-4-12-18-13(19-21-12)10-5-7-11(15)8-6-10;/h5-8H,3-4,9H2,1-2H3,(H2,16,17);1H. The number of nitrogens with two attached hydrogens (primary N) is 1. The van der Waals surface area contributed by atoms with Crippen molar-refractivity contribution in [1.29, 1.82) is 0 Å². The first-order chi connectivity index (χ1) is 10.1. The highest BCUT2D eigenvalue weighted by Crippen LogP contribution is 2.16. The predicted molar refractivity (Wildman–Crippen MR) is 93.6 cm³/mol. The highest BCUT2D eigenvalue weighted by molar-refractivity contribution is 14.0. The molecule has 1 aromatic heterocycles. The molecule has 0 amide bonds. The van der Waals surface area contributed by atoms with Gasteiger partial charge >= 0.3 is 0 Å². The maximum Gasteiger partial charge on any atom is 0.227 e. The zero-order valence-corrected chi connectivity index (χ0v) is 14.8. The highest BCUT2D eigenvalue weighted by atomic mass is 127. The van der Waals surface area contributed by atoms with Gasteiger partial charge in [0.25, 0.3) is 0 Å². The molecule has 1 aromatic carbocycles. The van der Waals surface area contributed by atoms with E-state index in [9.17, 15) is 4.39 Å². The summed E-state index contributed by atoms with van der Waals surface area (Å²) in [5.74, 6) is 1.19. The molecule has 22 heavy (non-hydrogen) atoms. The molecule has 120 valence electrons. The summed E-state index contributed by atoms with van der Waals surface area (Å²) in [6.07, 6.45) is 1.39. The fourth-order valence-corrected chi connectivity index (χ4v) is 1.64. The van der Waals surface area contributed by atoms with Crippen LogP contribution < -0.4 is 5.73 Å². The number of rotatable bonds is 5. The van der Waals surface area contributed by atoms with E-state index in [1.54, 1.807) is 17.0 Å². The first-order valence-electron chi connectivity index (χ1n) is 6.62. The van der Waals surface area contributed by atoms with Gasteiger partial charge in [0.2, 0.25) is 11.7 Å². The summed E-state index contributed by atoms with van der Waals surface area (Å²) in [5.41, 5.74) is 6.41. The minimum absolute atomic E-state index is 0. The molecule has 8 heteroatoms. The molecule has 0 saturated heterocycles. The van der Waals surface area contributed by atoms with Crippen molar-refractivity contribution < 1.29 is 8.91 Å². The zero-order valence-electron chi connectivity index (χ0n) is 12.5. The van der Waals surface area contributed by atoms with Crippen LogP contribution in [-0.2, 0) is 6.42 Å². The van der Waals surface area contributed by atoms with E-state index >= 15 is 0 Å². The van der Waals surface area contributed by atoms with E-state index in [1.165, 1.54) is 12.1 Å². The molecular formula is C14H19FIN5O. The minimum atomic E-state index is -0.293. The van der Waals surface area contributed by atoms with Gasteiger partial charge in [-0.2, -0.15) is 4.98 Å². The van der Waals surface area contributed by atoms with Gasteiger partial charge in [0, 0.05) is 32.6 Å². The van der Waals surface area contributed by atoms with Gasteiger partial charge in [-0.3, -0.25) is 4.99 Å². The molecule has 1 heterocycles. The smallest absolute Gasteiger partial charge is 0.227 e. The molecule has 0 radical (unpaired) electrons. The van der Waals surface area contributed by atoms with Crippen LogP contribution in [0.1, 0.15) is 12.3 Å². The normalized spacial score (nSPS) is 11.1. The second kappa shape index (κ2) is 8.66. The van der Waals surface area contributed by atoms with E-state index in [1.807, 2.05) is 14.1 Å². The summed E-state index contributed by atoms with van der Waals surface area (Å²) in [6, 6.07) is 5.96. The van der Waals surface area contributed by atoms with Crippen LogP contribution in [0.3, 0.4) is 0 Å². The summed E-state index contributed by atoms with van der Waals surface area (Å²) >= 11 is 0. The third-order valence-electron chi connectivity index (χ3n) is 2.85. The molecule has 2 rings (SSSR count). The Bertz CT molecular complexity index is 612. The number of aryl methyl sites for hydroxylation is 1. The Kier molecular flexibility index (Phi) is 7.22. The summed E-state index contributed by atoms with van der Waals surface area (Å²) < 4.78 is 18.0. The second-order valence-electron chi connectivity index (χ2n) is 4.76. The van der Waals surface area contributed by atoms with Gasteiger partial charge in [0.1, 0.15) is 5.82 Å². The van der Waals surface area contributed by atoms with Crippen molar-refractivity contribution in [3.05, 3.63) is 36.0 Å². The lowest BCUT2D eigenvalue weighted by molar-refractivity contribution is 0.376. The lowest BCUT2D eigenvalue weighted by Crippen LogP contribution is -2.30. The minimum Gasteiger partial charge on any atom is -0.370 e. The summed E-state index contributed by atoms with van der Waals surface area (Å²) in [7, 11) is 3.68. The van der Waals surface area contributed by atoms with Gasteiger partial charge in [-0.15, -0.1) is 24.0 Å². The summed E-state index contributed by atoms with van der Waals surface area (Å²) in [6.45, 7) is 0.596. The van der Waals surface area contributed by atoms with Crippen LogP contribution in [0.2, 0.25) is 0 Å². The number of aromatic nitrogens is 2. The zero-order chi connectivity index (χ0) is 15.2. The number of hydrogen-bond acceptors (Lipinski definition) is 4. The van der Waals surface area contributed by atoms with Crippen molar-refractivity contribution in [2.24, 2.45) is 10.7 Å². The molecule has 0 aliphatic rings. The fraction of sp³-hybridized carbons (Fsp3) is 0.357. The number of halogens is 2. The van der Waals surface area contributed by atoms with Gasteiger partial charge in [-0.25, -0.2) is 4.39 Å². The summed E-state index contributed by atoms with van der Waals surface area (Å²) in [4.78, 5) is 10.2. The van der Waals surface area contributed by atoms with Crippen molar-refractivity contribution in [2.45, 2.75) is 12.8 Å². The summed E-state index contributed by atoms with van der Waals surface area (Å²) in [5, 5.41) is 3.88. The molecule has 0 spiro atoms. The molecule has 0 aliphatic heterocycles. The SMILES string of the molecule is CN(C)C(N)=NCCCc1nc(-c2ccc(F)cc2)no1.I. The number of benzene rings is 1. The van der Waals surface area contributed by atoms with E-state index in [-0.39, 0.29) is 29.8 Å². The van der Waals surface area contributed by atoms with Gasteiger partial charge in [-0.1, -0.05) is 5.16 Å². The molecule has 0 fully saturated rings. The Morgan fingerprint density at radius 1 is 1.32 bits per heavy atom. The predicted octanol–water partition coefficient (Wildman–Crippen LogP) is 2.30. The number of aliphatic imine (C=N–C) groups is 1. The Morgan fingerprint density at radius 2 is 2.00 bits per heavy atom. The van der Waals surface area contributed by atoms with Crippen LogP contribution in [0, 0.1) is 5.82 Å². The monoisotopic (exact) mass is 419 g/mol. The van der Waals surface area contributed by atoms with Crippen LogP contribution in [0.15, 0.2) is 33.8 Å². The Balaban J connectivity index is 0.00000242. The van der Waals surface area contributed by atoms with E-state index in [4.69, 9.17) is 10.3 Å². The van der Waals surface area contributed by atoms with E-state index in [2.05, 4.69) is 15.1 Å². The maximum atomic E-state index is 12.8. The Hall–Kier alpha value is -1.71. The van der Waals surface area contributed by atoms with Gasteiger partial charge < -0.3 is 15.2 Å². The fourth-order valence-electron chi connectivity index (χ4n) is 1.64. The first kappa shape index (κ1) is 18.3. The van der Waals surface area contributed by atoms with Crippen LogP contribution in [0.5, 0.6) is 0 Å². The van der Waals surface area contributed by atoms with Crippen molar-refractivity contribution in [1.82, 2.24) is 15.0 Å². The van der Waals surface area contributed by atoms with E-state index in [0.717, 1.165) is 12.0 Å². The topological polar surface area (TPSA) is 80.5 Å². The molecule has 2 N–H and O–H groups in total. The molecule has 0 bridgehead atoms. The second-order valence-corrected chi connectivity index (χ2v) is 4.76. The lowest BCUT2D eigenvalue weighted by atomic mass is 10.2. The van der Waals surface area contributed by atoms with Crippen LogP contribution >= 0.6 is 24.0 Å².